The van der Waals surface area contributed by atoms with E-state index >= 15 is 0 Å². The molecule has 0 aliphatic heterocycles. The van der Waals surface area contributed by atoms with Crippen LogP contribution >= 0.6 is 0 Å². The van der Waals surface area contributed by atoms with Gasteiger partial charge in [-0.1, -0.05) is 30.3 Å². The summed E-state index contributed by atoms with van der Waals surface area (Å²) >= 11 is 0. The van der Waals surface area contributed by atoms with Crippen molar-refractivity contribution >= 4 is 22.8 Å². The molecule has 3 aromatic rings. The minimum Gasteiger partial charge on any atom is -0.497 e. The number of rotatable bonds is 7. The summed E-state index contributed by atoms with van der Waals surface area (Å²) in [5.74, 6) is 0.0182. The van der Waals surface area contributed by atoms with Crippen molar-refractivity contribution in [3.05, 3.63) is 65.9 Å². The SMILES string of the molecule is COC(=O)[C@@H](Cc1c[nH]c2ccccc12)NC(=O)Cc1ccc(OC)cc1. The molecule has 2 N–H and O–H groups in total. The predicted octanol–water partition coefficient (Wildman–Crippen LogP) is 2.62. The molecule has 0 bridgehead atoms. The molecular formula is C21H22N2O4. The van der Waals surface area contributed by atoms with Crippen LogP contribution in [0.5, 0.6) is 5.75 Å². The van der Waals surface area contributed by atoms with Crippen LogP contribution in [-0.2, 0) is 27.2 Å². The normalized spacial score (nSPS) is 11.8. The Bertz CT molecular complexity index is 931. The maximum Gasteiger partial charge on any atom is 0.328 e. The first-order chi connectivity index (χ1) is 13.1. The van der Waals surface area contributed by atoms with Gasteiger partial charge in [0, 0.05) is 23.5 Å². The second-order valence-corrected chi connectivity index (χ2v) is 6.23. The molecule has 6 nitrogen and oxygen atoms in total. The molecule has 0 unspecified atom stereocenters. The summed E-state index contributed by atoms with van der Waals surface area (Å²) in [5, 5.41) is 3.81. The van der Waals surface area contributed by atoms with Crippen molar-refractivity contribution in [2.45, 2.75) is 18.9 Å². The molecule has 140 valence electrons. The Morgan fingerprint density at radius 1 is 1.07 bits per heavy atom. The van der Waals surface area contributed by atoms with Crippen molar-refractivity contribution in [2.24, 2.45) is 0 Å². The van der Waals surface area contributed by atoms with E-state index in [1.165, 1.54) is 7.11 Å². The van der Waals surface area contributed by atoms with Crippen LogP contribution in [0.4, 0.5) is 0 Å². The molecule has 0 saturated heterocycles. The first-order valence-electron chi connectivity index (χ1n) is 8.66. The Hall–Kier alpha value is -3.28. The van der Waals surface area contributed by atoms with E-state index in [9.17, 15) is 9.59 Å². The van der Waals surface area contributed by atoms with Crippen molar-refractivity contribution in [1.82, 2.24) is 10.3 Å². The number of aromatic amines is 1. The van der Waals surface area contributed by atoms with Gasteiger partial charge >= 0.3 is 5.97 Å². The van der Waals surface area contributed by atoms with E-state index in [0.717, 1.165) is 27.8 Å². The highest BCUT2D eigenvalue weighted by Crippen LogP contribution is 2.19. The highest BCUT2D eigenvalue weighted by atomic mass is 16.5. The number of carbonyl (C=O) groups excluding carboxylic acids is 2. The van der Waals surface area contributed by atoms with Crippen LogP contribution in [0, 0.1) is 0 Å². The Morgan fingerprint density at radius 2 is 1.81 bits per heavy atom. The van der Waals surface area contributed by atoms with Crippen LogP contribution in [0.15, 0.2) is 54.7 Å². The highest BCUT2D eigenvalue weighted by Gasteiger charge is 2.23. The number of methoxy groups -OCH3 is 2. The summed E-state index contributed by atoms with van der Waals surface area (Å²) < 4.78 is 9.99. The minimum atomic E-state index is -0.750. The second-order valence-electron chi connectivity index (χ2n) is 6.23. The van der Waals surface area contributed by atoms with Crippen LogP contribution < -0.4 is 10.1 Å². The standard InChI is InChI=1S/C21H22N2O4/c1-26-16-9-7-14(8-10-16)11-20(24)23-19(21(25)27-2)12-15-13-22-18-6-4-3-5-17(15)18/h3-10,13,19,22H,11-12H2,1-2H3,(H,23,24)/t19-/m1/s1. The molecule has 0 aliphatic carbocycles. The van der Waals surface area contributed by atoms with Crippen molar-refractivity contribution in [3.63, 3.8) is 0 Å². The van der Waals surface area contributed by atoms with Crippen molar-refractivity contribution < 1.29 is 19.1 Å². The zero-order valence-electron chi connectivity index (χ0n) is 15.3. The largest absolute Gasteiger partial charge is 0.497 e. The number of H-pyrrole nitrogens is 1. The number of hydrogen-bond acceptors (Lipinski definition) is 4. The fraction of sp³-hybridized carbons (Fsp3) is 0.238. The zero-order valence-corrected chi connectivity index (χ0v) is 15.3. The Balaban J connectivity index is 1.70. The molecule has 6 heteroatoms. The summed E-state index contributed by atoms with van der Waals surface area (Å²) in [7, 11) is 2.91. The monoisotopic (exact) mass is 366 g/mol. The highest BCUT2D eigenvalue weighted by molar-refractivity contribution is 5.88. The van der Waals surface area contributed by atoms with E-state index < -0.39 is 12.0 Å². The number of ether oxygens (including phenoxy) is 2. The van der Waals surface area contributed by atoms with Gasteiger partial charge in [-0.05, 0) is 29.3 Å². The van der Waals surface area contributed by atoms with Crippen molar-refractivity contribution in [2.75, 3.05) is 14.2 Å². The predicted molar refractivity (Wildman–Crippen MR) is 103 cm³/mol. The van der Waals surface area contributed by atoms with E-state index in [-0.39, 0.29) is 12.3 Å². The third-order valence-corrected chi connectivity index (χ3v) is 4.44. The van der Waals surface area contributed by atoms with Crippen LogP contribution in [-0.4, -0.2) is 37.1 Å². The molecule has 1 atom stereocenters. The molecular weight excluding hydrogens is 344 g/mol. The summed E-state index contributed by atoms with van der Waals surface area (Å²) in [6.45, 7) is 0. The molecule has 0 fully saturated rings. The van der Waals surface area contributed by atoms with Crippen molar-refractivity contribution in [3.8, 4) is 5.75 Å². The van der Waals surface area contributed by atoms with E-state index in [1.54, 1.807) is 19.2 Å². The van der Waals surface area contributed by atoms with Gasteiger partial charge in [-0.3, -0.25) is 4.79 Å². The van der Waals surface area contributed by atoms with E-state index in [4.69, 9.17) is 9.47 Å². The lowest BCUT2D eigenvalue weighted by Gasteiger charge is -2.16. The fourth-order valence-electron chi connectivity index (χ4n) is 3.03. The fourth-order valence-corrected chi connectivity index (χ4v) is 3.03. The van der Waals surface area contributed by atoms with E-state index in [2.05, 4.69) is 10.3 Å². The topological polar surface area (TPSA) is 80.4 Å². The molecule has 0 spiro atoms. The van der Waals surface area contributed by atoms with Gasteiger partial charge in [0.25, 0.3) is 0 Å². The number of amides is 1. The van der Waals surface area contributed by atoms with Crippen LogP contribution in [0.1, 0.15) is 11.1 Å². The molecule has 27 heavy (non-hydrogen) atoms. The van der Waals surface area contributed by atoms with Crippen molar-refractivity contribution in [1.29, 1.82) is 0 Å². The quantitative estimate of drug-likeness (QED) is 0.630. The minimum absolute atomic E-state index is 0.172. The zero-order chi connectivity index (χ0) is 19.2. The molecule has 0 aliphatic rings. The molecule has 1 heterocycles. The molecule has 1 aromatic heterocycles. The average Bonchev–Trinajstić information content (AvgIpc) is 3.10. The Labute approximate surface area is 157 Å². The molecule has 3 rings (SSSR count). The number of esters is 1. The summed E-state index contributed by atoms with van der Waals surface area (Å²) in [4.78, 5) is 27.8. The third-order valence-electron chi connectivity index (χ3n) is 4.44. The number of carbonyl (C=O) groups is 2. The van der Waals surface area contributed by atoms with E-state index in [0.29, 0.717) is 6.42 Å². The first kappa shape index (κ1) is 18.5. The van der Waals surface area contributed by atoms with E-state index in [1.807, 2.05) is 42.6 Å². The van der Waals surface area contributed by atoms with Gasteiger partial charge in [0.05, 0.1) is 20.6 Å². The van der Waals surface area contributed by atoms with Crippen LogP contribution in [0.2, 0.25) is 0 Å². The Kier molecular flexibility index (Phi) is 5.76. The van der Waals surface area contributed by atoms with Crippen LogP contribution in [0.25, 0.3) is 10.9 Å². The number of para-hydroxylation sites is 1. The molecule has 0 saturated carbocycles. The number of nitrogens with one attached hydrogen (secondary N) is 2. The molecule has 2 aromatic carbocycles. The summed E-state index contributed by atoms with van der Waals surface area (Å²) in [5.41, 5.74) is 2.77. The van der Waals surface area contributed by atoms with Gasteiger partial charge in [0.2, 0.25) is 5.91 Å². The first-order valence-corrected chi connectivity index (χ1v) is 8.66. The van der Waals surface area contributed by atoms with Gasteiger partial charge in [-0.15, -0.1) is 0 Å². The summed E-state index contributed by atoms with van der Waals surface area (Å²) in [6, 6.07) is 14.3. The lowest BCUT2D eigenvalue weighted by atomic mass is 10.0. The lowest BCUT2D eigenvalue weighted by Crippen LogP contribution is -2.43. The number of hydrogen-bond donors (Lipinski definition) is 2. The molecule has 1 amide bonds. The number of benzene rings is 2. The number of fused-ring (bicyclic) bond motifs is 1. The van der Waals surface area contributed by atoms with Crippen LogP contribution in [0.3, 0.4) is 0 Å². The van der Waals surface area contributed by atoms with Gasteiger partial charge in [0.15, 0.2) is 0 Å². The van der Waals surface area contributed by atoms with Gasteiger partial charge < -0.3 is 19.8 Å². The third kappa shape index (κ3) is 4.47. The molecule has 0 radical (unpaired) electrons. The summed E-state index contributed by atoms with van der Waals surface area (Å²) in [6.07, 6.45) is 2.38. The smallest absolute Gasteiger partial charge is 0.328 e. The second kappa shape index (κ2) is 8.40. The van der Waals surface area contributed by atoms with Gasteiger partial charge in [0.1, 0.15) is 11.8 Å². The Morgan fingerprint density at radius 3 is 2.52 bits per heavy atom. The van der Waals surface area contributed by atoms with Gasteiger partial charge in [-0.25, -0.2) is 4.79 Å². The maximum atomic E-state index is 12.4. The average molecular weight is 366 g/mol. The lowest BCUT2D eigenvalue weighted by molar-refractivity contribution is -0.145. The van der Waals surface area contributed by atoms with Gasteiger partial charge in [-0.2, -0.15) is 0 Å². The maximum absolute atomic E-state index is 12.4. The number of aromatic nitrogens is 1.